The normalized spacial score (nSPS) is 15.5. The monoisotopic (exact) mass is 1260 g/mol. The van der Waals surface area contributed by atoms with Crippen LogP contribution in [0.4, 0.5) is 11.4 Å². The number of unbranched alkanes of at least 4 members (excludes halogenated alkanes) is 24. The van der Waals surface area contributed by atoms with Gasteiger partial charge in [0.1, 0.15) is 0 Å². The molecule has 0 saturated heterocycles. The Morgan fingerprint density at radius 3 is 0.974 bits per heavy atom. The van der Waals surface area contributed by atoms with Gasteiger partial charge in [0.15, 0.2) is 0 Å². The van der Waals surface area contributed by atoms with Crippen molar-refractivity contribution in [2.45, 2.75) is 259 Å². The summed E-state index contributed by atoms with van der Waals surface area (Å²) in [5.41, 5.74) is 5.11. The lowest BCUT2D eigenvalue weighted by molar-refractivity contribution is -0.114. The van der Waals surface area contributed by atoms with Crippen molar-refractivity contribution in [3.8, 4) is 0 Å². The highest BCUT2D eigenvalue weighted by Crippen LogP contribution is 2.53. The zero-order valence-electron chi connectivity index (χ0n) is 48.6. The van der Waals surface area contributed by atoms with Crippen molar-refractivity contribution in [3.63, 3.8) is 0 Å². The molecule has 10 heteroatoms. The fourth-order valence-corrected chi connectivity index (χ4v) is 19.4. The van der Waals surface area contributed by atoms with Crippen molar-refractivity contribution in [3.05, 3.63) is 55.1 Å². The summed E-state index contributed by atoms with van der Waals surface area (Å²) in [5.74, 6) is 1.41. The van der Waals surface area contributed by atoms with Gasteiger partial charge in [0.25, 0.3) is 11.8 Å². The summed E-state index contributed by atoms with van der Waals surface area (Å²) < 4.78 is 9.75. The van der Waals surface area contributed by atoms with Crippen LogP contribution in [-0.4, -0.2) is 24.9 Å². The van der Waals surface area contributed by atoms with Crippen LogP contribution in [0, 0.1) is 11.8 Å². The number of thiophene rings is 4. The molecule has 2 amide bonds. The first-order valence-corrected chi connectivity index (χ1v) is 36.8. The van der Waals surface area contributed by atoms with Gasteiger partial charge in [-0.15, -0.1) is 45.3 Å². The Balaban J connectivity index is 1.06. The molecule has 2 aliphatic heterocycles. The predicted molar refractivity (Wildman–Crippen MR) is 357 cm³/mol. The molecule has 8 rings (SSSR count). The van der Waals surface area contributed by atoms with Crippen molar-refractivity contribution in [1.29, 1.82) is 0 Å². The van der Waals surface area contributed by atoms with Gasteiger partial charge in [-0.05, 0) is 106 Å². The van der Waals surface area contributed by atoms with Gasteiger partial charge in [0, 0.05) is 53.8 Å². The maximum atomic E-state index is 15.7. The number of carbonyl (C=O) groups excluding carboxylic acids is 2. The number of amides is 2. The molecule has 0 saturated carbocycles. The zero-order valence-corrected chi connectivity index (χ0v) is 55.0. The molecule has 0 aliphatic carbocycles. The maximum absolute atomic E-state index is 15.7. The Morgan fingerprint density at radius 2 is 0.654 bits per heavy atom. The smallest absolute Gasteiger partial charge is 0.259 e. The Hall–Kier alpha value is -2.08. The van der Waals surface area contributed by atoms with Crippen LogP contribution in [0.15, 0.2) is 44.0 Å². The van der Waals surface area contributed by atoms with Gasteiger partial charge in [-0.2, -0.15) is 0 Å². The first kappa shape index (κ1) is 62.0. The van der Waals surface area contributed by atoms with Crippen molar-refractivity contribution in [2.24, 2.45) is 11.8 Å². The third-order valence-corrected chi connectivity index (χ3v) is 23.4. The second-order valence-corrected chi connectivity index (χ2v) is 30.8. The minimum atomic E-state index is 0.0125. The lowest BCUT2D eigenvalue weighted by atomic mass is 9.90. The van der Waals surface area contributed by atoms with Crippen molar-refractivity contribution >= 4 is 151 Å². The van der Waals surface area contributed by atoms with Crippen LogP contribution in [0.1, 0.15) is 270 Å². The minimum Gasteiger partial charge on any atom is -0.308 e. The van der Waals surface area contributed by atoms with E-state index < -0.39 is 0 Å². The van der Waals surface area contributed by atoms with Crippen LogP contribution < -0.4 is 9.80 Å². The fraction of sp³-hybridized carbons (Fsp3) is 0.647. The molecule has 0 bridgehead atoms. The molecule has 0 N–H and O–H groups in total. The molecule has 2 aliphatic rings. The molecule has 2 unspecified atom stereocenters. The van der Waals surface area contributed by atoms with E-state index >= 15 is 9.59 Å². The van der Waals surface area contributed by atoms with Crippen LogP contribution >= 0.6 is 77.2 Å². The lowest BCUT2D eigenvalue weighted by Gasteiger charge is -2.21. The largest absolute Gasteiger partial charge is 0.308 e. The van der Waals surface area contributed by atoms with Crippen molar-refractivity contribution in [2.75, 3.05) is 22.9 Å². The van der Waals surface area contributed by atoms with Crippen molar-refractivity contribution in [1.82, 2.24) is 0 Å². The Bertz CT molecular complexity index is 2660. The van der Waals surface area contributed by atoms with E-state index in [1.807, 2.05) is 22.7 Å². The van der Waals surface area contributed by atoms with Gasteiger partial charge in [-0.3, -0.25) is 9.59 Å². The number of benzene rings is 2. The quantitative estimate of drug-likeness (QED) is 0.0284. The molecule has 4 aromatic heterocycles. The van der Waals surface area contributed by atoms with Crippen LogP contribution in [0.5, 0.6) is 0 Å². The second kappa shape index (κ2) is 32.7. The van der Waals surface area contributed by atoms with Gasteiger partial charge >= 0.3 is 0 Å². The van der Waals surface area contributed by atoms with Gasteiger partial charge in [0.05, 0.1) is 39.5 Å². The lowest BCUT2D eigenvalue weighted by Crippen LogP contribution is -2.30. The number of fused-ring (bicyclic) bond motifs is 8. The number of anilines is 2. The summed E-state index contributed by atoms with van der Waals surface area (Å²) in [4.78, 5) is 35.6. The first-order chi connectivity index (χ1) is 38.2. The highest BCUT2D eigenvalue weighted by Gasteiger charge is 2.43. The molecule has 0 spiro atoms. The first-order valence-electron chi connectivity index (χ1n) is 31.9. The molecule has 6 aromatic rings. The Morgan fingerprint density at radius 1 is 0.359 bits per heavy atom. The number of nitrogens with zero attached hydrogens (tertiary/aromatic N) is 2. The number of carbonyl (C=O) groups is 2. The van der Waals surface area contributed by atoms with E-state index in [0.717, 1.165) is 55.8 Å². The Kier molecular flexibility index (Phi) is 26.0. The summed E-state index contributed by atoms with van der Waals surface area (Å²) in [6.07, 6.45) is 47.2. The third-order valence-electron chi connectivity index (χ3n) is 17.6. The molecular weight excluding hydrogens is 1160 g/mol. The van der Waals surface area contributed by atoms with E-state index in [-0.39, 0.29) is 11.8 Å². The molecule has 2 aromatic carbocycles. The summed E-state index contributed by atoms with van der Waals surface area (Å²) in [6, 6.07) is 13.7. The van der Waals surface area contributed by atoms with Crippen molar-refractivity contribution < 1.29 is 9.59 Å². The molecule has 428 valence electrons. The summed E-state index contributed by atoms with van der Waals surface area (Å²) in [5, 5.41) is 2.44. The predicted octanol–water partition coefficient (Wildman–Crippen LogP) is 25.0. The topological polar surface area (TPSA) is 40.6 Å². The number of halogens is 2. The second-order valence-electron chi connectivity index (χ2n) is 23.7. The van der Waals surface area contributed by atoms with E-state index in [4.69, 9.17) is 0 Å². The number of hydrogen-bond acceptors (Lipinski definition) is 6. The van der Waals surface area contributed by atoms with Crippen LogP contribution in [0.2, 0.25) is 0 Å². The standard InChI is InChI=1S/C68H96Br2N2O2S4/c1-5-9-13-17-21-23-27-31-37-49(35-29-25-19-15-11-7-3)39-33-41-71-55-43-53-57(75-59-47-61(69)77-65(53)59)45-51(55)63(67(71)73)64-52-46-58-54(66-60(76-58)48-62(70)78-66)44-56(52)72(68(64)74)42-34-40-50(36-30-26-20-16-12-8-4)38-32-28-24-22-18-14-10-6-2/h43-50H,5-42H2,1-4H3/b64-63+. The fourth-order valence-electron chi connectivity index (χ4n) is 13.1. The van der Waals surface area contributed by atoms with Crippen LogP contribution in [-0.2, 0) is 9.59 Å². The average Bonchev–Trinajstić information content (AvgIpc) is 4.45. The SMILES string of the molecule is CCCCCCCCCCC(CCCCCCCC)CCCN1C(=O)/C(=C2/C(=O)N(CCCC(CCCCCCCC)CCCCCCCCCC)c3cc4c(cc32)sc2cc(Br)sc24)c2cc3sc4cc(Br)sc4c3cc21. The molecule has 78 heavy (non-hydrogen) atoms. The highest BCUT2D eigenvalue weighted by molar-refractivity contribution is 9.11. The van der Waals surface area contributed by atoms with Gasteiger partial charge in [-0.1, -0.05) is 233 Å². The van der Waals surface area contributed by atoms with E-state index in [1.165, 1.54) is 244 Å². The number of rotatable bonds is 40. The van der Waals surface area contributed by atoms with Crippen LogP contribution in [0.25, 0.3) is 50.1 Å². The van der Waals surface area contributed by atoms with Gasteiger partial charge < -0.3 is 9.80 Å². The van der Waals surface area contributed by atoms with E-state index in [0.29, 0.717) is 36.1 Å². The van der Waals surface area contributed by atoms with E-state index in [9.17, 15) is 0 Å². The van der Waals surface area contributed by atoms with Gasteiger partial charge in [-0.25, -0.2) is 0 Å². The number of hydrogen-bond donors (Lipinski definition) is 0. The van der Waals surface area contributed by atoms with Crippen LogP contribution in [0.3, 0.4) is 0 Å². The average molecular weight is 1260 g/mol. The zero-order chi connectivity index (χ0) is 54.6. The molecule has 0 fully saturated rings. The Labute approximate surface area is 504 Å². The minimum absolute atomic E-state index is 0.0125. The highest BCUT2D eigenvalue weighted by atomic mass is 79.9. The summed E-state index contributed by atoms with van der Waals surface area (Å²) in [6.45, 7) is 10.6. The van der Waals surface area contributed by atoms with Gasteiger partial charge in [0.2, 0.25) is 0 Å². The maximum Gasteiger partial charge on any atom is 0.259 e. The molecule has 6 heterocycles. The third kappa shape index (κ3) is 16.6. The molecular formula is C68H96Br2N2O2S4. The molecule has 4 nitrogen and oxygen atoms in total. The summed E-state index contributed by atoms with van der Waals surface area (Å²) in [7, 11) is 0. The molecule has 0 radical (unpaired) electrons. The molecule has 2 atom stereocenters. The van der Waals surface area contributed by atoms with E-state index in [2.05, 4.69) is 106 Å². The van der Waals surface area contributed by atoms with E-state index in [1.54, 1.807) is 22.7 Å². The summed E-state index contributed by atoms with van der Waals surface area (Å²) >= 11 is 14.8.